The number of hydrogen-bond donors (Lipinski definition) is 0. The Bertz CT molecular complexity index is 420. The highest BCUT2D eigenvalue weighted by molar-refractivity contribution is 5.20. The number of hydrogen-bond acceptors (Lipinski definition) is 0. The topological polar surface area (TPSA) is 0 Å². The number of benzene rings is 1. The van der Waals surface area contributed by atoms with Crippen LogP contribution >= 0.6 is 0 Å². The van der Waals surface area contributed by atoms with Crippen LogP contribution in [0.25, 0.3) is 0 Å². The summed E-state index contributed by atoms with van der Waals surface area (Å²) in [6, 6.07) is 7.22. The Hall–Kier alpha value is -0.850. The summed E-state index contributed by atoms with van der Waals surface area (Å²) in [4.78, 5) is 0. The molecule has 0 heterocycles. The highest BCUT2D eigenvalue weighted by Gasteiger charge is 2.30. The third kappa shape index (κ3) is 3.67. The van der Waals surface area contributed by atoms with Gasteiger partial charge < -0.3 is 0 Å². The second kappa shape index (κ2) is 6.94. The maximum atomic E-state index is 13.0. The SMILES string of the molecule is CCC1CCC(C2CCC(c3ccc(F)cc3)CC2)CC1. The summed E-state index contributed by atoms with van der Waals surface area (Å²) in [5.74, 6) is 3.55. The second-order valence-corrected chi connectivity index (χ2v) is 7.35. The average molecular weight is 288 g/mol. The van der Waals surface area contributed by atoms with Gasteiger partial charge in [0.15, 0.2) is 0 Å². The molecule has 21 heavy (non-hydrogen) atoms. The maximum absolute atomic E-state index is 13.0. The number of rotatable bonds is 3. The molecule has 3 rings (SSSR count). The fourth-order valence-corrected chi connectivity index (χ4v) is 4.73. The van der Waals surface area contributed by atoms with Gasteiger partial charge in [0.25, 0.3) is 0 Å². The maximum Gasteiger partial charge on any atom is 0.123 e. The van der Waals surface area contributed by atoms with E-state index >= 15 is 0 Å². The Kier molecular flexibility index (Phi) is 4.98. The molecule has 2 fully saturated rings. The zero-order chi connectivity index (χ0) is 14.7. The van der Waals surface area contributed by atoms with Crippen LogP contribution in [0.3, 0.4) is 0 Å². The molecule has 2 aliphatic rings. The summed E-state index contributed by atoms with van der Waals surface area (Å²) in [7, 11) is 0. The minimum Gasteiger partial charge on any atom is -0.207 e. The summed E-state index contributed by atoms with van der Waals surface area (Å²) >= 11 is 0. The minimum atomic E-state index is -0.111. The van der Waals surface area contributed by atoms with Gasteiger partial charge in [0.05, 0.1) is 0 Å². The second-order valence-electron chi connectivity index (χ2n) is 7.35. The molecular weight excluding hydrogens is 259 g/mol. The van der Waals surface area contributed by atoms with Gasteiger partial charge in [-0.2, -0.15) is 0 Å². The van der Waals surface area contributed by atoms with Crippen molar-refractivity contribution in [1.29, 1.82) is 0 Å². The van der Waals surface area contributed by atoms with Crippen molar-refractivity contribution in [1.82, 2.24) is 0 Å². The van der Waals surface area contributed by atoms with E-state index in [2.05, 4.69) is 6.92 Å². The van der Waals surface area contributed by atoms with Gasteiger partial charge in [-0.3, -0.25) is 0 Å². The van der Waals surface area contributed by atoms with Gasteiger partial charge >= 0.3 is 0 Å². The van der Waals surface area contributed by atoms with Crippen molar-refractivity contribution in [3.63, 3.8) is 0 Å². The fourth-order valence-electron chi connectivity index (χ4n) is 4.73. The van der Waals surface area contributed by atoms with Gasteiger partial charge in [0, 0.05) is 0 Å². The third-order valence-electron chi connectivity index (χ3n) is 6.25. The van der Waals surface area contributed by atoms with E-state index in [1.165, 1.54) is 63.4 Å². The third-order valence-corrected chi connectivity index (χ3v) is 6.25. The zero-order valence-electron chi connectivity index (χ0n) is 13.4. The molecule has 0 radical (unpaired) electrons. The van der Waals surface area contributed by atoms with Crippen LogP contribution in [0, 0.1) is 23.6 Å². The normalized spacial score (nSPS) is 33.8. The van der Waals surface area contributed by atoms with Crippen LogP contribution < -0.4 is 0 Å². The Morgan fingerprint density at radius 2 is 1.33 bits per heavy atom. The van der Waals surface area contributed by atoms with Crippen LogP contribution in [0.2, 0.25) is 0 Å². The van der Waals surface area contributed by atoms with Crippen molar-refractivity contribution in [2.45, 2.75) is 70.6 Å². The van der Waals surface area contributed by atoms with Crippen LogP contribution in [0.1, 0.15) is 76.2 Å². The molecule has 0 bridgehead atoms. The molecule has 0 unspecified atom stereocenters. The molecule has 1 heteroatoms. The van der Waals surface area contributed by atoms with Crippen molar-refractivity contribution >= 4 is 0 Å². The Balaban J connectivity index is 1.50. The largest absolute Gasteiger partial charge is 0.207 e. The van der Waals surface area contributed by atoms with Crippen LogP contribution in [0.4, 0.5) is 4.39 Å². The first-order valence-electron chi connectivity index (χ1n) is 9.01. The Morgan fingerprint density at radius 1 is 0.810 bits per heavy atom. The summed E-state index contributed by atoms with van der Waals surface area (Å²) in [6.45, 7) is 2.35. The summed E-state index contributed by atoms with van der Waals surface area (Å²) in [6.07, 6.45) is 12.7. The molecule has 0 saturated heterocycles. The van der Waals surface area contributed by atoms with Gasteiger partial charge in [-0.25, -0.2) is 4.39 Å². The Labute approximate surface area is 129 Å². The highest BCUT2D eigenvalue weighted by Crippen LogP contribution is 2.44. The van der Waals surface area contributed by atoms with E-state index in [0.717, 1.165) is 17.8 Å². The molecule has 0 spiro atoms. The molecule has 2 saturated carbocycles. The Morgan fingerprint density at radius 3 is 1.86 bits per heavy atom. The number of halogens is 1. The first-order valence-corrected chi connectivity index (χ1v) is 9.01. The quantitative estimate of drug-likeness (QED) is 0.611. The van der Waals surface area contributed by atoms with Crippen LogP contribution in [-0.4, -0.2) is 0 Å². The lowest BCUT2D eigenvalue weighted by Gasteiger charge is -2.37. The van der Waals surface area contributed by atoms with E-state index in [4.69, 9.17) is 0 Å². The monoisotopic (exact) mass is 288 g/mol. The van der Waals surface area contributed by atoms with Crippen molar-refractivity contribution in [2.75, 3.05) is 0 Å². The van der Waals surface area contributed by atoms with E-state index in [0.29, 0.717) is 5.92 Å². The highest BCUT2D eigenvalue weighted by atomic mass is 19.1. The zero-order valence-corrected chi connectivity index (χ0v) is 13.4. The summed E-state index contributed by atoms with van der Waals surface area (Å²) in [5, 5.41) is 0. The lowest BCUT2D eigenvalue weighted by molar-refractivity contribution is 0.158. The van der Waals surface area contributed by atoms with E-state index in [1.807, 2.05) is 12.1 Å². The molecular formula is C20H29F. The lowest BCUT2D eigenvalue weighted by atomic mass is 9.68. The van der Waals surface area contributed by atoms with Crippen molar-refractivity contribution in [3.05, 3.63) is 35.6 Å². The van der Waals surface area contributed by atoms with Crippen molar-refractivity contribution in [3.8, 4) is 0 Å². The van der Waals surface area contributed by atoms with Gasteiger partial charge in [-0.15, -0.1) is 0 Å². The molecule has 116 valence electrons. The molecule has 1 aromatic rings. The van der Waals surface area contributed by atoms with E-state index in [9.17, 15) is 4.39 Å². The average Bonchev–Trinajstić information content (AvgIpc) is 2.56. The van der Waals surface area contributed by atoms with Crippen molar-refractivity contribution in [2.24, 2.45) is 17.8 Å². The summed E-state index contributed by atoms with van der Waals surface area (Å²) in [5.41, 5.74) is 1.35. The van der Waals surface area contributed by atoms with Crippen LogP contribution in [0.5, 0.6) is 0 Å². The van der Waals surface area contributed by atoms with E-state index < -0.39 is 0 Å². The molecule has 0 atom stereocenters. The van der Waals surface area contributed by atoms with Gasteiger partial charge in [0.1, 0.15) is 5.82 Å². The molecule has 0 nitrogen and oxygen atoms in total. The van der Waals surface area contributed by atoms with Crippen LogP contribution in [0.15, 0.2) is 24.3 Å². The van der Waals surface area contributed by atoms with E-state index in [1.54, 1.807) is 12.1 Å². The first kappa shape index (κ1) is 15.1. The van der Waals surface area contributed by atoms with Crippen molar-refractivity contribution < 1.29 is 4.39 Å². The molecule has 0 N–H and O–H groups in total. The molecule has 0 amide bonds. The lowest BCUT2D eigenvalue weighted by Crippen LogP contribution is -2.25. The predicted molar refractivity (Wildman–Crippen MR) is 86.8 cm³/mol. The smallest absolute Gasteiger partial charge is 0.123 e. The standard InChI is InChI=1S/C20H29F/c1-2-15-3-5-16(6-4-15)17-7-9-18(10-8-17)19-11-13-20(21)14-12-19/h11-18H,2-10H2,1H3. The fraction of sp³-hybridized carbons (Fsp3) is 0.700. The van der Waals surface area contributed by atoms with Gasteiger partial charge in [-0.05, 0) is 79.9 Å². The molecule has 1 aromatic carbocycles. The summed E-state index contributed by atoms with van der Waals surface area (Å²) < 4.78 is 13.0. The minimum absolute atomic E-state index is 0.111. The van der Waals surface area contributed by atoms with Crippen LogP contribution in [-0.2, 0) is 0 Å². The van der Waals surface area contributed by atoms with E-state index in [-0.39, 0.29) is 5.82 Å². The molecule has 0 aromatic heterocycles. The first-order chi connectivity index (χ1) is 10.3. The molecule has 2 aliphatic carbocycles. The van der Waals surface area contributed by atoms with Gasteiger partial charge in [0.2, 0.25) is 0 Å². The molecule has 0 aliphatic heterocycles. The van der Waals surface area contributed by atoms with Gasteiger partial charge in [-0.1, -0.05) is 38.3 Å². The predicted octanol–water partition coefficient (Wildman–Crippen LogP) is 6.32.